The summed E-state index contributed by atoms with van der Waals surface area (Å²) in [7, 11) is 0. The second kappa shape index (κ2) is 7.38. The second-order valence-electron chi connectivity index (χ2n) is 6.87. The van der Waals surface area contributed by atoms with E-state index in [9.17, 15) is 9.90 Å². The van der Waals surface area contributed by atoms with E-state index in [4.69, 9.17) is 4.74 Å². The lowest BCUT2D eigenvalue weighted by Crippen LogP contribution is -2.44. The fraction of sp³-hybridized carbons (Fsp3) is 0.381. The Hall–Kier alpha value is -2.17. The fourth-order valence-electron chi connectivity index (χ4n) is 3.32. The molecular weight excluding hydrogens is 314 g/mol. The van der Waals surface area contributed by atoms with E-state index >= 15 is 0 Å². The van der Waals surface area contributed by atoms with Gasteiger partial charge in [-0.2, -0.15) is 0 Å². The molecule has 4 nitrogen and oxygen atoms in total. The molecule has 0 aliphatic carbocycles. The molecule has 0 radical (unpaired) electrons. The predicted molar refractivity (Wildman–Crippen MR) is 97.1 cm³/mol. The number of hydrogen-bond acceptors (Lipinski definition) is 3. The highest BCUT2D eigenvalue weighted by atomic mass is 16.5. The van der Waals surface area contributed by atoms with E-state index in [-0.39, 0.29) is 18.4 Å². The molecular formula is C21H25NO3. The van der Waals surface area contributed by atoms with Crippen molar-refractivity contribution in [1.29, 1.82) is 0 Å². The van der Waals surface area contributed by atoms with Crippen molar-refractivity contribution >= 4 is 5.91 Å². The molecule has 132 valence electrons. The van der Waals surface area contributed by atoms with Gasteiger partial charge in [-0.3, -0.25) is 4.79 Å². The van der Waals surface area contributed by atoms with Crippen molar-refractivity contribution in [1.82, 2.24) is 4.90 Å². The number of aliphatic hydroxyl groups is 1. The van der Waals surface area contributed by atoms with Crippen molar-refractivity contribution in [2.24, 2.45) is 0 Å². The van der Waals surface area contributed by atoms with Gasteiger partial charge in [0.25, 0.3) is 0 Å². The highest BCUT2D eigenvalue weighted by Gasteiger charge is 2.32. The third-order valence-corrected chi connectivity index (χ3v) is 4.85. The standard InChI is InChI=1S/C21H25NO3/c1-16-8-6-7-11-18(16)19-15-22(12-13-25-19)20(23)14-21(2,24)17-9-4-3-5-10-17/h3-11,19,24H,12-15H2,1-2H3. The summed E-state index contributed by atoms with van der Waals surface area (Å²) in [6.45, 7) is 5.35. The third-order valence-electron chi connectivity index (χ3n) is 4.85. The normalized spacial score (nSPS) is 20.1. The van der Waals surface area contributed by atoms with Gasteiger partial charge in [0.05, 0.1) is 25.2 Å². The van der Waals surface area contributed by atoms with E-state index in [1.54, 1.807) is 11.8 Å². The lowest BCUT2D eigenvalue weighted by Gasteiger charge is -2.35. The van der Waals surface area contributed by atoms with Crippen LogP contribution in [0.2, 0.25) is 0 Å². The molecule has 1 amide bonds. The minimum absolute atomic E-state index is 0.0456. The molecule has 4 heteroatoms. The molecule has 2 aromatic rings. The molecule has 0 saturated carbocycles. The Labute approximate surface area is 149 Å². The van der Waals surface area contributed by atoms with Crippen molar-refractivity contribution in [2.45, 2.75) is 32.0 Å². The zero-order valence-corrected chi connectivity index (χ0v) is 14.8. The summed E-state index contributed by atoms with van der Waals surface area (Å²) in [6.07, 6.45) is -0.0436. The lowest BCUT2D eigenvalue weighted by atomic mass is 9.92. The van der Waals surface area contributed by atoms with Crippen LogP contribution in [0.1, 0.15) is 36.1 Å². The maximum absolute atomic E-state index is 12.8. The van der Waals surface area contributed by atoms with E-state index in [1.807, 2.05) is 48.5 Å². The summed E-state index contributed by atoms with van der Waals surface area (Å²) >= 11 is 0. The molecule has 1 N–H and O–H groups in total. The quantitative estimate of drug-likeness (QED) is 0.931. The first-order valence-electron chi connectivity index (χ1n) is 8.70. The molecule has 1 aliphatic rings. The zero-order valence-electron chi connectivity index (χ0n) is 14.8. The van der Waals surface area contributed by atoms with Crippen LogP contribution in [0.3, 0.4) is 0 Å². The predicted octanol–water partition coefficient (Wildman–Crippen LogP) is 3.19. The van der Waals surface area contributed by atoms with Crippen LogP contribution >= 0.6 is 0 Å². The summed E-state index contributed by atoms with van der Waals surface area (Å²) < 4.78 is 5.88. The van der Waals surface area contributed by atoms with E-state index in [0.717, 1.165) is 16.7 Å². The van der Waals surface area contributed by atoms with Gasteiger partial charge in [0.15, 0.2) is 0 Å². The molecule has 0 bridgehead atoms. The number of carbonyl (C=O) groups excluding carboxylic acids is 1. The first-order valence-corrected chi connectivity index (χ1v) is 8.70. The summed E-state index contributed by atoms with van der Waals surface area (Å²) in [6, 6.07) is 17.4. The molecule has 2 atom stereocenters. The Balaban J connectivity index is 1.69. The summed E-state index contributed by atoms with van der Waals surface area (Å²) in [5, 5.41) is 10.7. The zero-order chi connectivity index (χ0) is 17.9. The highest BCUT2D eigenvalue weighted by Crippen LogP contribution is 2.28. The number of amides is 1. The van der Waals surface area contributed by atoms with Crippen LogP contribution in [-0.2, 0) is 15.1 Å². The minimum atomic E-state index is -1.17. The van der Waals surface area contributed by atoms with Crippen LogP contribution in [0.5, 0.6) is 0 Å². The van der Waals surface area contributed by atoms with Crippen LogP contribution < -0.4 is 0 Å². The Morgan fingerprint density at radius 2 is 1.88 bits per heavy atom. The topological polar surface area (TPSA) is 49.8 Å². The van der Waals surface area contributed by atoms with Crippen molar-refractivity contribution < 1.29 is 14.6 Å². The van der Waals surface area contributed by atoms with Gasteiger partial charge in [-0.15, -0.1) is 0 Å². The van der Waals surface area contributed by atoms with E-state index in [1.165, 1.54) is 0 Å². The van der Waals surface area contributed by atoms with Crippen LogP contribution in [0.25, 0.3) is 0 Å². The molecule has 25 heavy (non-hydrogen) atoms. The highest BCUT2D eigenvalue weighted by molar-refractivity contribution is 5.77. The van der Waals surface area contributed by atoms with Gasteiger partial charge < -0.3 is 14.7 Å². The molecule has 3 rings (SSSR count). The molecule has 1 fully saturated rings. The molecule has 2 aromatic carbocycles. The monoisotopic (exact) mass is 339 g/mol. The van der Waals surface area contributed by atoms with Gasteiger partial charge in [0.2, 0.25) is 5.91 Å². The Kier molecular flexibility index (Phi) is 5.21. The smallest absolute Gasteiger partial charge is 0.225 e. The number of ether oxygens (including phenoxy) is 1. The van der Waals surface area contributed by atoms with Crippen molar-refractivity contribution in [3.63, 3.8) is 0 Å². The van der Waals surface area contributed by atoms with E-state index in [2.05, 4.69) is 13.0 Å². The Morgan fingerprint density at radius 1 is 1.20 bits per heavy atom. The van der Waals surface area contributed by atoms with Crippen LogP contribution in [0.4, 0.5) is 0 Å². The van der Waals surface area contributed by atoms with Gasteiger partial charge >= 0.3 is 0 Å². The number of aryl methyl sites for hydroxylation is 1. The average Bonchev–Trinajstić information content (AvgIpc) is 2.62. The van der Waals surface area contributed by atoms with Gasteiger partial charge in [-0.25, -0.2) is 0 Å². The van der Waals surface area contributed by atoms with Crippen LogP contribution in [0, 0.1) is 6.92 Å². The number of benzene rings is 2. The molecule has 0 aromatic heterocycles. The SMILES string of the molecule is Cc1ccccc1C1CN(C(=O)CC(C)(O)c2ccccc2)CCO1. The van der Waals surface area contributed by atoms with Gasteiger partial charge in [-0.05, 0) is 30.5 Å². The lowest BCUT2D eigenvalue weighted by molar-refractivity contribution is -0.144. The number of carbonyl (C=O) groups is 1. The molecule has 1 saturated heterocycles. The summed E-state index contributed by atoms with van der Waals surface area (Å²) in [5.41, 5.74) is 1.87. The first kappa shape index (κ1) is 17.6. The van der Waals surface area contributed by atoms with Crippen LogP contribution in [-0.4, -0.2) is 35.6 Å². The summed E-state index contributed by atoms with van der Waals surface area (Å²) in [5.74, 6) is -0.0456. The Bertz CT molecular complexity index is 727. The summed E-state index contributed by atoms with van der Waals surface area (Å²) in [4.78, 5) is 14.6. The van der Waals surface area contributed by atoms with Crippen LogP contribution in [0.15, 0.2) is 54.6 Å². The van der Waals surface area contributed by atoms with Crippen molar-refractivity contribution in [3.05, 3.63) is 71.3 Å². The molecule has 0 spiro atoms. The Morgan fingerprint density at radius 3 is 2.60 bits per heavy atom. The van der Waals surface area contributed by atoms with Crippen molar-refractivity contribution in [2.75, 3.05) is 19.7 Å². The first-order chi connectivity index (χ1) is 12.0. The molecule has 1 aliphatic heterocycles. The molecule has 2 unspecified atom stereocenters. The second-order valence-corrected chi connectivity index (χ2v) is 6.87. The number of rotatable bonds is 4. The van der Waals surface area contributed by atoms with Gasteiger partial charge in [-0.1, -0.05) is 54.6 Å². The van der Waals surface area contributed by atoms with Crippen molar-refractivity contribution in [3.8, 4) is 0 Å². The molecule has 1 heterocycles. The minimum Gasteiger partial charge on any atom is -0.385 e. The largest absolute Gasteiger partial charge is 0.385 e. The maximum Gasteiger partial charge on any atom is 0.225 e. The average molecular weight is 339 g/mol. The number of hydrogen-bond donors (Lipinski definition) is 1. The van der Waals surface area contributed by atoms with E-state index in [0.29, 0.717) is 19.7 Å². The number of nitrogens with zero attached hydrogens (tertiary/aromatic N) is 1. The maximum atomic E-state index is 12.8. The van der Waals surface area contributed by atoms with Gasteiger partial charge in [0, 0.05) is 6.54 Å². The third kappa shape index (κ3) is 4.09. The van der Waals surface area contributed by atoms with E-state index < -0.39 is 5.60 Å². The van der Waals surface area contributed by atoms with Gasteiger partial charge in [0.1, 0.15) is 6.10 Å². The number of morpholine rings is 1. The fourth-order valence-corrected chi connectivity index (χ4v) is 3.32.